The fourth-order valence-electron chi connectivity index (χ4n) is 3.97. The predicted octanol–water partition coefficient (Wildman–Crippen LogP) is 4.26. The van der Waals surface area contributed by atoms with Crippen LogP contribution < -0.4 is 10.7 Å². The molecule has 7 heteroatoms. The second-order valence-electron chi connectivity index (χ2n) is 7.83. The zero-order valence-electron chi connectivity index (χ0n) is 16.2. The molecule has 2 aromatic heterocycles. The van der Waals surface area contributed by atoms with Crippen molar-refractivity contribution in [1.29, 1.82) is 0 Å². The fourth-order valence-corrected chi connectivity index (χ4v) is 4.25. The summed E-state index contributed by atoms with van der Waals surface area (Å²) in [6, 6.07) is 12.4. The quantitative estimate of drug-likeness (QED) is 0.514. The number of nitrogens with zero attached hydrogens (tertiary/aromatic N) is 1. The summed E-state index contributed by atoms with van der Waals surface area (Å²) in [5.74, 6) is -0.307. The molecule has 0 spiro atoms. The van der Waals surface area contributed by atoms with Gasteiger partial charge in [0, 0.05) is 17.1 Å². The summed E-state index contributed by atoms with van der Waals surface area (Å²) in [7, 11) is 0. The van der Waals surface area contributed by atoms with Gasteiger partial charge in [-0.3, -0.25) is 4.79 Å². The van der Waals surface area contributed by atoms with Crippen molar-refractivity contribution in [2.75, 3.05) is 0 Å². The van der Waals surface area contributed by atoms with Crippen molar-refractivity contribution in [1.82, 2.24) is 10.1 Å². The molecular weight excluding hydrogens is 404 g/mol. The first-order chi connectivity index (χ1) is 14.4. The Bertz CT molecular complexity index is 1330. The summed E-state index contributed by atoms with van der Waals surface area (Å²) in [6.45, 7) is 1.72. The second kappa shape index (κ2) is 6.72. The van der Waals surface area contributed by atoms with Crippen LogP contribution in [0, 0.1) is 6.92 Å². The van der Waals surface area contributed by atoms with Gasteiger partial charge in [-0.2, -0.15) is 0 Å². The van der Waals surface area contributed by atoms with Gasteiger partial charge in [0.15, 0.2) is 5.76 Å². The minimum Gasteiger partial charge on any atom is -0.871 e. The zero-order chi connectivity index (χ0) is 21.0. The van der Waals surface area contributed by atoms with Gasteiger partial charge in [-0.25, -0.2) is 0 Å². The maximum absolute atomic E-state index is 13.1. The summed E-state index contributed by atoms with van der Waals surface area (Å²) in [5.41, 5.74) is 1.93. The molecule has 0 saturated heterocycles. The Morgan fingerprint density at radius 2 is 1.93 bits per heavy atom. The molecule has 6 nitrogen and oxygen atoms in total. The van der Waals surface area contributed by atoms with Gasteiger partial charge in [0.1, 0.15) is 0 Å². The zero-order valence-corrected chi connectivity index (χ0v) is 16.9. The Morgan fingerprint density at radius 1 is 1.20 bits per heavy atom. The van der Waals surface area contributed by atoms with Gasteiger partial charge in [-0.15, -0.1) is 0 Å². The molecule has 5 rings (SSSR count). The van der Waals surface area contributed by atoms with Crippen LogP contribution in [0.3, 0.4) is 0 Å². The third-order valence-electron chi connectivity index (χ3n) is 5.84. The van der Waals surface area contributed by atoms with Crippen molar-refractivity contribution in [3.8, 4) is 28.2 Å². The van der Waals surface area contributed by atoms with Crippen molar-refractivity contribution >= 4 is 22.5 Å². The average Bonchev–Trinajstić information content (AvgIpc) is 3.11. The molecule has 0 radical (unpaired) electrons. The minimum atomic E-state index is -0.739. The molecule has 0 unspecified atom stereocenters. The number of fused-ring (bicyclic) bond motifs is 1. The van der Waals surface area contributed by atoms with E-state index < -0.39 is 16.9 Å². The van der Waals surface area contributed by atoms with E-state index in [9.17, 15) is 15.0 Å². The molecule has 1 aliphatic carbocycles. The molecule has 0 bridgehead atoms. The van der Waals surface area contributed by atoms with Crippen LogP contribution in [0.5, 0.6) is 5.75 Å². The Labute approximate surface area is 176 Å². The molecule has 2 heterocycles. The lowest BCUT2D eigenvalue weighted by molar-refractivity contribution is -0.265. The number of aliphatic hydroxyl groups is 1. The highest BCUT2D eigenvalue weighted by molar-refractivity contribution is 6.34. The van der Waals surface area contributed by atoms with E-state index in [1.807, 2.05) is 24.3 Å². The van der Waals surface area contributed by atoms with Gasteiger partial charge in [0.05, 0.1) is 21.9 Å². The number of aromatic nitrogens is 2. The minimum absolute atomic E-state index is 0.0843. The molecule has 1 saturated carbocycles. The lowest BCUT2D eigenvalue weighted by atomic mass is 9.75. The Balaban J connectivity index is 1.64. The molecule has 0 amide bonds. The van der Waals surface area contributed by atoms with E-state index in [0.717, 1.165) is 30.4 Å². The van der Waals surface area contributed by atoms with Crippen molar-refractivity contribution in [3.63, 3.8) is 0 Å². The van der Waals surface area contributed by atoms with Gasteiger partial charge < -0.3 is 19.7 Å². The van der Waals surface area contributed by atoms with Crippen molar-refractivity contribution < 1.29 is 14.7 Å². The van der Waals surface area contributed by atoms with E-state index >= 15 is 0 Å². The molecule has 1 fully saturated rings. The molecule has 1 aliphatic rings. The highest BCUT2D eigenvalue weighted by atomic mass is 35.5. The van der Waals surface area contributed by atoms with E-state index in [0.29, 0.717) is 27.2 Å². The monoisotopic (exact) mass is 421 g/mol. The normalized spacial score (nSPS) is 15.3. The Morgan fingerprint density at radius 3 is 2.53 bits per heavy atom. The first-order valence-electron chi connectivity index (χ1n) is 9.69. The summed E-state index contributed by atoms with van der Waals surface area (Å²) in [6.07, 6.45) is 2.55. The SMILES string of the molecule is Cc1cc(-c2c([O-])c3cc(-c4ccc(C5(O)CCC5)cc4)c(Cl)cc3[nH]c2=O)on1. The number of hydrogen-bond acceptors (Lipinski definition) is 5. The Kier molecular flexibility index (Phi) is 4.24. The standard InChI is InChI=1S/C23H19ClN2O4/c1-12-9-19(30-26-12)20-21(27)16-10-15(17(24)11-18(16)25-22(20)28)13-3-5-14(6-4-13)23(29)7-2-8-23/h3-6,9-11,29H,2,7-8H2,1H3,(H2,25,27,28)/p-1. The fraction of sp³-hybridized carbons (Fsp3) is 0.217. The van der Waals surface area contributed by atoms with E-state index in [1.165, 1.54) is 0 Å². The average molecular weight is 422 g/mol. The van der Waals surface area contributed by atoms with Crippen LogP contribution in [0.15, 0.2) is 51.8 Å². The largest absolute Gasteiger partial charge is 0.871 e. The maximum Gasteiger partial charge on any atom is 0.258 e. The van der Waals surface area contributed by atoms with Crippen LogP contribution in [0.2, 0.25) is 5.02 Å². The number of aryl methyl sites for hydroxylation is 1. The highest BCUT2D eigenvalue weighted by Crippen LogP contribution is 2.42. The lowest BCUT2D eigenvalue weighted by Crippen LogP contribution is -2.33. The lowest BCUT2D eigenvalue weighted by Gasteiger charge is -2.37. The maximum atomic E-state index is 13.1. The number of pyridine rings is 1. The van der Waals surface area contributed by atoms with Crippen LogP contribution in [-0.4, -0.2) is 15.2 Å². The molecule has 30 heavy (non-hydrogen) atoms. The summed E-state index contributed by atoms with van der Waals surface area (Å²) in [4.78, 5) is 15.2. The van der Waals surface area contributed by atoms with Crippen molar-refractivity contribution in [2.45, 2.75) is 31.8 Å². The van der Waals surface area contributed by atoms with Crippen molar-refractivity contribution in [2.24, 2.45) is 0 Å². The van der Waals surface area contributed by atoms with Gasteiger partial charge in [0.25, 0.3) is 5.56 Å². The van der Waals surface area contributed by atoms with Crippen LogP contribution in [0.1, 0.15) is 30.5 Å². The predicted molar refractivity (Wildman–Crippen MR) is 112 cm³/mol. The number of H-pyrrole nitrogens is 1. The van der Waals surface area contributed by atoms with Crippen LogP contribution in [0.4, 0.5) is 0 Å². The first-order valence-corrected chi connectivity index (χ1v) is 10.1. The van der Waals surface area contributed by atoms with Gasteiger partial charge >= 0.3 is 0 Å². The number of nitrogens with one attached hydrogen (secondary N) is 1. The second-order valence-corrected chi connectivity index (χ2v) is 8.24. The highest BCUT2D eigenvalue weighted by Gasteiger charge is 2.35. The molecule has 2 aromatic carbocycles. The molecule has 0 atom stereocenters. The molecule has 152 valence electrons. The van der Waals surface area contributed by atoms with E-state index in [-0.39, 0.29) is 11.3 Å². The third-order valence-corrected chi connectivity index (χ3v) is 6.16. The van der Waals surface area contributed by atoms with E-state index in [2.05, 4.69) is 10.1 Å². The van der Waals surface area contributed by atoms with Gasteiger partial charge in [-0.05, 0) is 54.8 Å². The first kappa shape index (κ1) is 18.9. The molecule has 0 aliphatic heterocycles. The third kappa shape index (κ3) is 2.91. The number of halogens is 1. The number of benzene rings is 2. The van der Waals surface area contributed by atoms with Crippen LogP contribution in [-0.2, 0) is 5.60 Å². The number of rotatable bonds is 3. The summed E-state index contributed by atoms with van der Waals surface area (Å²) < 4.78 is 5.14. The van der Waals surface area contributed by atoms with E-state index in [1.54, 1.807) is 25.1 Å². The molecule has 2 N–H and O–H groups in total. The van der Waals surface area contributed by atoms with Crippen LogP contribution >= 0.6 is 11.6 Å². The summed E-state index contributed by atoms with van der Waals surface area (Å²) >= 11 is 6.47. The van der Waals surface area contributed by atoms with Crippen molar-refractivity contribution in [3.05, 3.63) is 69.1 Å². The number of hydrogen-bond donors (Lipinski definition) is 2. The van der Waals surface area contributed by atoms with Crippen LogP contribution in [0.25, 0.3) is 33.4 Å². The molecule has 4 aromatic rings. The van der Waals surface area contributed by atoms with Gasteiger partial charge in [-0.1, -0.05) is 46.8 Å². The topological polar surface area (TPSA) is 102 Å². The Hall–Kier alpha value is -3.09. The van der Waals surface area contributed by atoms with Gasteiger partial charge in [0.2, 0.25) is 0 Å². The summed E-state index contributed by atoms with van der Waals surface area (Å²) in [5, 5.41) is 28.1. The number of aromatic amines is 1. The molecular formula is C23H18ClN2O4-. The van der Waals surface area contributed by atoms with E-state index in [4.69, 9.17) is 16.1 Å². The smallest absolute Gasteiger partial charge is 0.258 e.